The van der Waals surface area contributed by atoms with Crippen LogP contribution in [0.4, 0.5) is 0 Å². The summed E-state index contributed by atoms with van der Waals surface area (Å²) in [5.74, 6) is 1.41. The first kappa shape index (κ1) is 27.6. The Bertz CT molecular complexity index is 1540. The lowest BCUT2D eigenvalue weighted by atomic mass is 10.1. The number of benzene rings is 3. The molecule has 0 spiro atoms. The average Bonchev–Trinajstić information content (AvgIpc) is 2.90. The van der Waals surface area contributed by atoms with E-state index in [2.05, 4.69) is 37.0 Å². The standard InChI is InChI=1S/C27H23Br2Cl2N3O3/c1-4-15(2)26-33-21-10-7-18(28)12-20(21)27(35)34(26)32-13-17-11-22(36-3)25(24(31)23(17)29)37-14-16-5-8-19(30)9-6-16/h5-13,15H,4,14H2,1-3H3/t15-/m0/s1. The number of nitrogens with zero attached hydrogens (tertiary/aromatic N) is 3. The van der Waals surface area contributed by atoms with Crippen molar-refractivity contribution in [2.45, 2.75) is 32.8 Å². The molecule has 0 saturated heterocycles. The maximum atomic E-state index is 13.4. The Balaban J connectivity index is 1.74. The van der Waals surface area contributed by atoms with E-state index in [0.717, 1.165) is 16.5 Å². The highest BCUT2D eigenvalue weighted by molar-refractivity contribution is 9.10. The number of hydrogen-bond acceptors (Lipinski definition) is 5. The predicted octanol–water partition coefficient (Wildman–Crippen LogP) is 8.21. The molecule has 0 amide bonds. The van der Waals surface area contributed by atoms with Crippen LogP contribution in [0.25, 0.3) is 10.9 Å². The topological polar surface area (TPSA) is 65.7 Å². The normalized spacial score (nSPS) is 12.3. The molecule has 0 aliphatic heterocycles. The van der Waals surface area contributed by atoms with Crippen LogP contribution in [0.5, 0.6) is 11.5 Å². The van der Waals surface area contributed by atoms with Crippen molar-refractivity contribution in [2.75, 3.05) is 7.11 Å². The monoisotopic (exact) mass is 665 g/mol. The quantitative estimate of drug-likeness (QED) is 0.178. The van der Waals surface area contributed by atoms with E-state index in [-0.39, 0.29) is 18.1 Å². The molecule has 0 radical (unpaired) electrons. The third kappa shape index (κ3) is 6.03. The molecule has 0 fully saturated rings. The van der Waals surface area contributed by atoms with E-state index in [1.807, 2.05) is 38.1 Å². The molecule has 37 heavy (non-hydrogen) atoms. The van der Waals surface area contributed by atoms with Crippen LogP contribution in [0.1, 0.15) is 43.1 Å². The van der Waals surface area contributed by atoms with Gasteiger partial charge < -0.3 is 9.47 Å². The van der Waals surface area contributed by atoms with Crippen molar-refractivity contribution >= 4 is 72.2 Å². The largest absolute Gasteiger partial charge is 0.493 e. The molecular weight excluding hydrogens is 645 g/mol. The van der Waals surface area contributed by atoms with E-state index in [4.69, 9.17) is 37.7 Å². The molecule has 0 bridgehead atoms. The number of halogens is 4. The third-order valence-corrected chi connectivity index (χ3v) is 8.06. The SMILES string of the molecule is CC[C@H](C)c1nc2ccc(Br)cc2c(=O)n1N=Cc1cc(OC)c(OCc2ccc(Cl)cc2)c(Cl)c1Br. The number of fused-ring (bicyclic) bond motifs is 1. The van der Waals surface area contributed by atoms with E-state index < -0.39 is 0 Å². The Hall–Kier alpha value is -2.39. The third-order valence-electron chi connectivity index (χ3n) is 5.87. The molecule has 1 atom stereocenters. The summed E-state index contributed by atoms with van der Waals surface area (Å²) in [6.07, 6.45) is 2.35. The lowest BCUT2D eigenvalue weighted by Crippen LogP contribution is -2.23. The highest BCUT2D eigenvalue weighted by Gasteiger charge is 2.19. The summed E-state index contributed by atoms with van der Waals surface area (Å²) < 4.78 is 14.2. The second kappa shape index (κ2) is 12.0. The summed E-state index contributed by atoms with van der Waals surface area (Å²) in [5, 5.41) is 5.98. The van der Waals surface area contributed by atoms with E-state index in [0.29, 0.717) is 48.3 Å². The van der Waals surface area contributed by atoms with Crippen LogP contribution in [-0.4, -0.2) is 23.0 Å². The van der Waals surface area contributed by atoms with Gasteiger partial charge in [0, 0.05) is 25.4 Å². The Morgan fingerprint density at radius 1 is 1.14 bits per heavy atom. The highest BCUT2D eigenvalue weighted by atomic mass is 79.9. The second-order valence-electron chi connectivity index (χ2n) is 8.34. The van der Waals surface area contributed by atoms with E-state index in [1.54, 1.807) is 30.5 Å². The van der Waals surface area contributed by atoms with E-state index in [9.17, 15) is 4.79 Å². The highest BCUT2D eigenvalue weighted by Crippen LogP contribution is 2.42. The zero-order valence-electron chi connectivity index (χ0n) is 20.3. The van der Waals surface area contributed by atoms with Crippen LogP contribution in [0.3, 0.4) is 0 Å². The van der Waals surface area contributed by atoms with Gasteiger partial charge in [-0.3, -0.25) is 4.79 Å². The molecular formula is C27H23Br2Cl2N3O3. The van der Waals surface area contributed by atoms with E-state index >= 15 is 0 Å². The van der Waals surface area contributed by atoms with Crippen molar-refractivity contribution in [3.63, 3.8) is 0 Å². The lowest BCUT2D eigenvalue weighted by Gasteiger charge is -2.16. The van der Waals surface area contributed by atoms with Gasteiger partial charge in [0.15, 0.2) is 11.5 Å². The fraction of sp³-hybridized carbons (Fsp3) is 0.222. The number of hydrogen-bond donors (Lipinski definition) is 0. The van der Waals surface area contributed by atoms with Crippen LogP contribution in [0.15, 0.2) is 67.4 Å². The summed E-state index contributed by atoms with van der Waals surface area (Å²) >= 11 is 19.6. The van der Waals surface area contributed by atoms with Gasteiger partial charge in [0.05, 0.1) is 24.2 Å². The molecule has 1 aromatic heterocycles. The molecule has 6 nitrogen and oxygen atoms in total. The van der Waals surface area contributed by atoms with Gasteiger partial charge in [-0.1, -0.05) is 65.1 Å². The minimum atomic E-state index is -0.255. The number of ether oxygens (including phenoxy) is 2. The maximum absolute atomic E-state index is 13.4. The summed E-state index contributed by atoms with van der Waals surface area (Å²) in [5.41, 5.74) is 1.91. The molecule has 192 valence electrons. The molecule has 0 saturated carbocycles. The van der Waals surface area contributed by atoms with Crippen LogP contribution in [0, 0.1) is 0 Å². The van der Waals surface area contributed by atoms with Gasteiger partial charge in [0.2, 0.25) is 0 Å². The first-order valence-electron chi connectivity index (χ1n) is 11.4. The Morgan fingerprint density at radius 2 is 1.86 bits per heavy atom. The zero-order chi connectivity index (χ0) is 26.7. The number of aromatic nitrogens is 2. The molecule has 0 unspecified atom stereocenters. The summed E-state index contributed by atoms with van der Waals surface area (Å²) in [6.45, 7) is 4.33. The zero-order valence-corrected chi connectivity index (χ0v) is 24.9. The lowest BCUT2D eigenvalue weighted by molar-refractivity contribution is 0.284. The molecule has 4 rings (SSSR count). The van der Waals surface area contributed by atoms with Crippen molar-refractivity contribution < 1.29 is 9.47 Å². The van der Waals surface area contributed by atoms with Crippen LogP contribution >= 0.6 is 55.1 Å². The van der Waals surface area contributed by atoms with Gasteiger partial charge >= 0.3 is 0 Å². The second-order valence-corrected chi connectivity index (χ2v) is 10.9. The smallest absolute Gasteiger partial charge is 0.282 e. The predicted molar refractivity (Wildman–Crippen MR) is 157 cm³/mol. The van der Waals surface area contributed by atoms with E-state index in [1.165, 1.54) is 11.8 Å². The Morgan fingerprint density at radius 3 is 2.54 bits per heavy atom. The maximum Gasteiger partial charge on any atom is 0.282 e. The minimum Gasteiger partial charge on any atom is -0.493 e. The first-order chi connectivity index (χ1) is 17.7. The van der Waals surface area contributed by atoms with Crippen molar-refractivity contribution in [1.29, 1.82) is 0 Å². The molecule has 10 heteroatoms. The fourth-order valence-corrected chi connectivity index (χ4v) is 4.76. The van der Waals surface area contributed by atoms with Crippen molar-refractivity contribution in [2.24, 2.45) is 5.10 Å². The van der Waals surface area contributed by atoms with Gasteiger partial charge in [-0.2, -0.15) is 9.78 Å². The number of rotatable bonds is 8. The van der Waals surface area contributed by atoms with Crippen molar-refractivity contribution in [3.05, 3.63) is 94.8 Å². The van der Waals surface area contributed by atoms with Crippen molar-refractivity contribution in [3.8, 4) is 11.5 Å². The van der Waals surface area contributed by atoms with Crippen LogP contribution in [0.2, 0.25) is 10.0 Å². The molecule has 0 aliphatic rings. The Kier molecular flexibility index (Phi) is 8.95. The summed E-state index contributed by atoms with van der Waals surface area (Å²) in [7, 11) is 1.53. The van der Waals surface area contributed by atoms with Crippen molar-refractivity contribution in [1.82, 2.24) is 9.66 Å². The molecule has 3 aromatic carbocycles. The number of methoxy groups -OCH3 is 1. The summed E-state index contributed by atoms with van der Waals surface area (Å²) in [6, 6.07) is 14.5. The van der Waals surface area contributed by atoms with Crippen LogP contribution < -0.4 is 15.0 Å². The molecule has 0 N–H and O–H groups in total. The first-order valence-corrected chi connectivity index (χ1v) is 13.8. The van der Waals surface area contributed by atoms with Gasteiger partial charge in [-0.15, -0.1) is 0 Å². The molecule has 1 heterocycles. The van der Waals surface area contributed by atoms with Gasteiger partial charge in [0.25, 0.3) is 5.56 Å². The summed E-state index contributed by atoms with van der Waals surface area (Å²) in [4.78, 5) is 18.2. The van der Waals surface area contributed by atoms with Gasteiger partial charge in [0.1, 0.15) is 17.5 Å². The molecule has 0 aliphatic carbocycles. The van der Waals surface area contributed by atoms with Gasteiger partial charge in [-0.05, 0) is 64.3 Å². The minimum absolute atomic E-state index is 0.0168. The van der Waals surface area contributed by atoms with Crippen LogP contribution in [-0.2, 0) is 6.61 Å². The Labute approximate surface area is 241 Å². The average molecular weight is 668 g/mol. The molecule has 4 aromatic rings. The fourth-order valence-electron chi connectivity index (χ4n) is 3.62. The van der Waals surface area contributed by atoms with Gasteiger partial charge in [-0.25, -0.2) is 4.98 Å².